The smallest absolute Gasteiger partial charge is 0.142 e. The third-order valence-electron chi connectivity index (χ3n) is 5.16. The summed E-state index contributed by atoms with van der Waals surface area (Å²) in [4.78, 5) is 0. The lowest BCUT2D eigenvalue weighted by atomic mass is 9.99. The lowest BCUT2D eigenvalue weighted by Crippen LogP contribution is -2.00. The molecule has 0 radical (unpaired) electrons. The first-order valence-electron chi connectivity index (χ1n) is 10.0. The van der Waals surface area contributed by atoms with Crippen LogP contribution in [0.15, 0.2) is 60.7 Å². The zero-order chi connectivity index (χ0) is 23.5. The van der Waals surface area contributed by atoms with Crippen molar-refractivity contribution in [3.05, 3.63) is 106 Å². The van der Waals surface area contributed by atoms with Gasteiger partial charge in [0.2, 0.25) is 0 Å². The molecule has 4 aromatic carbocycles. The van der Waals surface area contributed by atoms with Gasteiger partial charge in [0.15, 0.2) is 0 Å². The molecule has 4 rings (SSSR count). The predicted molar refractivity (Wildman–Crippen MR) is 117 cm³/mol. The van der Waals surface area contributed by atoms with Gasteiger partial charge < -0.3 is 4.74 Å². The van der Waals surface area contributed by atoms with Gasteiger partial charge in [-0.05, 0) is 76.9 Å². The minimum Gasteiger partial charge on any atom is -0.384 e. The van der Waals surface area contributed by atoms with E-state index < -0.39 is 34.4 Å². The lowest BCUT2D eigenvalue weighted by molar-refractivity contribution is 0.202. The number of halogens is 5. The predicted octanol–water partition coefficient (Wildman–Crippen LogP) is 6.79. The monoisotopic (exact) mass is 452 g/mol. The normalized spacial score (nSPS) is 10.8. The maximum Gasteiger partial charge on any atom is 0.142 e. The molecule has 0 spiro atoms. The van der Waals surface area contributed by atoms with Crippen molar-refractivity contribution in [1.82, 2.24) is 0 Å². The first-order chi connectivity index (χ1) is 15.9. The summed E-state index contributed by atoms with van der Waals surface area (Å²) in [5.74, 6) is 0.813. The summed E-state index contributed by atoms with van der Waals surface area (Å²) in [6.45, 7) is 0.281. The minimum atomic E-state index is -1.04. The minimum absolute atomic E-state index is 0.267. The summed E-state index contributed by atoms with van der Waals surface area (Å²) in [5, 5.41) is 1.39. The maximum atomic E-state index is 14.7. The SMILES string of the molecule is COCCc1cc(F)c(-c2cc(F)c(C#Cc3ccc4cc(F)ccc4c3)c(F)c2)c(F)c1. The van der Waals surface area contributed by atoms with Gasteiger partial charge >= 0.3 is 0 Å². The van der Waals surface area contributed by atoms with Crippen LogP contribution in [0.2, 0.25) is 0 Å². The molecular formula is C27H17F5O. The van der Waals surface area contributed by atoms with Gasteiger partial charge in [-0.25, -0.2) is 22.0 Å². The lowest BCUT2D eigenvalue weighted by Gasteiger charge is -2.10. The molecule has 0 saturated carbocycles. The van der Waals surface area contributed by atoms with Gasteiger partial charge in [0, 0.05) is 12.7 Å². The second-order valence-electron chi connectivity index (χ2n) is 7.45. The molecule has 0 N–H and O–H groups in total. The Kier molecular flexibility index (Phi) is 6.43. The van der Waals surface area contributed by atoms with Crippen molar-refractivity contribution in [1.29, 1.82) is 0 Å². The number of rotatable bonds is 4. The second kappa shape index (κ2) is 9.43. The van der Waals surface area contributed by atoms with E-state index >= 15 is 0 Å². The molecule has 0 bridgehead atoms. The fourth-order valence-electron chi connectivity index (χ4n) is 3.53. The van der Waals surface area contributed by atoms with E-state index in [0.29, 0.717) is 22.9 Å². The molecule has 6 heteroatoms. The van der Waals surface area contributed by atoms with Gasteiger partial charge in [0.1, 0.15) is 29.1 Å². The first-order valence-corrected chi connectivity index (χ1v) is 10.0. The molecule has 0 heterocycles. The number of ether oxygens (including phenoxy) is 1. The van der Waals surface area contributed by atoms with Crippen LogP contribution in [-0.2, 0) is 11.2 Å². The Bertz CT molecular complexity index is 1370. The molecule has 33 heavy (non-hydrogen) atoms. The largest absolute Gasteiger partial charge is 0.384 e. The molecule has 166 valence electrons. The van der Waals surface area contributed by atoms with Crippen molar-refractivity contribution >= 4 is 10.8 Å². The van der Waals surface area contributed by atoms with E-state index in [-0.39, 0.29) is 18.0 Å². The van der Waals surface area contributed by atoms with Crippen molar-refractivity contribution < 1.29 is 26.7 Å². The molecule has 1 nitrogen and oxygen atoms in total. The molecular weight excluding hydrogens is 435 g/mol. The number of hydrogen-bond acceptors (Lipinski definition) is 1. The Balaban J connectivity index is 1.67. The summed E-state index contributed by atoms with van der Waals surface area (Å²) < 4.78 is 76.6. The Morgan fingerprint density at radius 2 is 1.33 bits per heavy atom. The zero-order valence-electron chi connectivity index (χ0n) is 17.5. The van der Waals surface area contributed by atoms with E-state index in [2.05, 4.69) is 11.8 Å². The quantitative estimate of drug-likeness (QED) is 0.245. The van der Waals surface area contributed by atoms with Crippen LogP contribution < -0.4 is 0 Å². The van der Waals surface area contributed by atoms with E-state index in [1.807, 2.05) is 0 Å². The third-order valence-corrected chi connectivity index (χ3v) is 5.16. The van der Waals surface area contributed by atoms with E-state index in [4.69, 9.17) is 4.74 Å². The van der Waals surface area contributed by atoms with Gasteiger partial charge in [-0.15, -0.1) is 0 Å². The molecule has 4 aromatic rings. The molecule has 0 aliphatic heterocycles. The van der Waals surface area contributed by atoms with Crippen LogP contribution >= 0.6 is 0 Å². The Hall–Kier alpha value is -3.69. The Labute approximate surface area is 187 Å². The Morgan fingerprint density at radius 3 is 2.00 bits per heavy atom. The highest BCUT2D eigenvalue weighted by molar-refractivity contribution is 5.84. The van der Waals surface area contributed by atoms with Gasteiger partial charge in [-0.1, -0.05) is 24.0 Å². The number of benzene rings is 4. The van der Waals surface area contributed by atoms with Crippen LogP contribution in [0.5, 0.6) is 0 Å². The summed E-state index contributed by atoms with van der Waals surface area (Å²) in [6, 6.07) is 13.1. The molecule has 0 aliphatic carbocycles. The molecule has 0 aliphatic rings. The van der Waals surface area contributed by atoms with Gasteiger partial charge in [0.25, 0.3) is 0 Å². The van der Waals surface area contributed by atoms with Crippen LogP contribution in [0.1, 0.15) is 16.7 Å². The van der Waals surface area contributed by atoms with Crippen molar-refractivity contribution in [2.24, 2.45) is 0 Å². The Morgan fingerprint density at radius 1 is 0.697 bits per heavy atom. The molecule has 0 amide bonds. The highest BCUT2D eigenvalue weighted by Crippen LogP contribution is 2.30. The standard InChI is InChI=1S/C27H17F5O/c1-33-9-8-17-11-25(31)27(26(32)12-17)20-14-23(29)22(24(30)15-20)7-3-16-2-4-19-13-21(28)6-5-18(19)10-16/h2,4-6,10-15H,8-9H2,1H3. The van der Waals surface area contributed by atoms with Crippen molar-refractivity contribution in [3.63, 3.8) is 0 Å². The van der Waals surface area contributed by atoms with E-state index in [1.54, 1.807) is 24.3 Å². The topological polar surface area (TPSA) is 9.23 Å². The average molecular weight is 452 g/mol. The number of methoxy groups -OCH3 is 1. The van der Waals surface area contributed by atoms with Crippen LogP contribution in [0.25, 0.3) is 21.9 Å². The summed E-state index contributed by atoms with van der Waals surface area (Å²) in [7, 11) is 1.47. The van der Waals surface area contributed by atoms with Crippen LogP contribution in [0.3, 0.4) is 0 Å². The second-order valence-corrected chi connectivity index (χ2v) is 7.45. The molecule has 0 fully saturated rings. The van der Waals surface area contributed by atoms with Gasteiger partial charge in [0.05, 0.1) is 17.7 Å². The third kappa shape index (κ3) is 4.89. The molecule has 0 saturated heterocycles. The molecule has 0 unspecified atom stereocenters. The first kappa shape index (κ1) is 22.5. The summed E-state index contributed by atoms with van der Waals surface area (Å²) in [6.07, 6.45) is 0.297. The van der Waals surface area contributed by atoms with Gasteiger partial charge in [-0.3, -0.25) is 0 Å². The van der Waals surface area contributed by atoms with Gasteiger partial charge in [-0.2, -0.15) is 0 Å². The highest BCUT2D eigenvalue weighted by atomic mass is 19.1. The number of fused-ring (bicyclic) bond motifs is 1. The summed E-state index contributed by atoms with van der Waals surface area (Å²) >= 11 is 0. The molecule has 0 aromatic heterocycles. The average Bonchev–Trinajstić information content (AvgIpc) is 2.76. The van der Waals surface area contributed by atoms with E-state index in [9.17, 15) is 22.0 Å². The van der Waals surface area contributed by atoms with E-state index in [1.165, 1.54) is 19.2 Å². The fourth-order valence-corrected chi connectivity index (χ4v) is 3.53. The zero-order valence-corrected chi connectivity index (χ0v) is 17.5. The van der Waals surface area contributed by atoms with E-state index in [0.717, 1.165) is 29.7 Å². The number of hydrogen-bond donors (Lipinski definition) is 0. The fraction of sp³-hybridized carbons (Fsp3) is 0.111. The maximum absolute atomic E-state index is 14.7. The van der Waals surface area contributed by atoms with Crippen molar-refractivity contribution in [2.75, 3.05) is 13.7 Å². The van der Waals surface area contributed by atoms with Crippen molar-refractivity contribution in [2.45, 2.75) is 6.42 Å². The summed E-state index contributed by atoms with van der Waals surface area (Å²) in [5.41, 5.74) is -0.458. The van der Waals surface area contributed by atoms with Crippen LogP contribution in [0, 0.1) is 40.9 Å². The van der Waals surface area contributed by atoms with Crippen LogP contribution in [0.4, 0.5) is 22.0 Å². The highest BCUT2D eigenvalue weighted by Gasteiger charge is 2.17. The van der Waals surface area contributed by atoms with Crippen molar-refractivity contribution in [3.8, 4) is 23.0 Å². The van der Waals surface area contributed by atoms with Crippen LogP contribution in [-0.4, -0.2) is 13.7 Å². The molecule has 0 atom stereocenters.